The van der Waals surface area contributed by atoms with Crippen molar-refractivity contribution < 1.29 is 0 Å². The highest BCUT2D eigenvalue weighted by Crippen LogP contribution is 2.21. The van der Waals surface area contributed by atoms with Gasteiger partial charge in [0.2, 0.25) is 0 Å². The summed E-state index contributed by atoms with van der Waals surface area (Å²) in [6, 6.07) is 3.03. The second-order valence-electron chi connectivity index (χ2n) is 6.19. The number of nitrogens with one attached hydrogen (secondary N) is 1. The van der Waals surface area contributed by atoms with Crippen molar-refractivity contribution in [2.24, 2.45) is 0 Å². The van der Waals surface area contributed by atoms with Gasteiger partial charge in [0, 0.05) is 28.9 Å². The molecule has 1 fully saturated rings. The topological polar surface area (TPSA) is 15.3 Å². The van der Waals surface area contributed by atoms with Crippen LogP contribution in [0.5, 0.6) is 0 Å². The van der Waals surface area contributed by atoms with Gasteiger partial charge in [-0.3, -0.25) is 4.90 Å². The standard InChI is InChI=1S/C17H28N2S/c1-13(2)5-8-19-9-6-16(7-10-19)18-12-17-11-14(3)15(4)20-17/h5,11,16,18H,6-10,12H2,1-4H3. The van der Waals surface area contributed by atoms with E-state index in [1.807, 2.05) is 11.3 Å². The first kappa shape index (κ1) is 15.7. The predicted octanol–water partition coefficient (Wildman–Crippen LogP) is 3.89. The van der Waals surface area contributed by atoms with Crippen LogP contribution in [0.1, 0.15) is 42.0 Å². The van der Waals surface area contributed by atoms with Gasteiger partial charge in [-0.15, -0.1) is 11.3 Å². The molecule has 0 unspecified atom stereocenters. The summed E-state index contributed by atoms with van der Waals surface area (Å²) in [5.41, 5.74) is 2.86. The molecule has 0 saturated carbocycles. The van der Waals surface area contributed by atoms with Gasteiger partial charge in [-0.2, -0.15) is 0 Å². The molecule has 2 nitrogen and oxygen atoms in total. The second kappa shape index (κ2) is 7.39. The van der Waals surface area contributed by atoms with E-state index >= 15 is 0 Å². The van der Waals surface area contributed by atoms with Crippen molar-refractivity contribution in [3.05, 3.63) is 33.0 Å². The van der Waals surface area contributed by atoms with Crippen molar-refractivity contribution >= 4 is 11.3 Å². The Morgan fingerprint density at radius 2 is 2.05 bits per heavy atom. The summed E-state index contributed by atoms with van der Waals surface area (Å²) < 4.78 is 0. The van der Waals surface area contributed by atoms with E-state index < -0.39 is 0 Å². The van der Waals surface area contributed by atoms with E-state index in [1.165, 1.54) is 46.8 Å². The number of aryl methyl sites for hydroxylation is 2. The molecule has 2 heterocycles. The maximum absolute atomic E-state index is 3.73. The minimum absolute atomic E-state index is 0.695. The second-order valence-corrected chi connectivity index (χ2v) is 7.53. The van der Waals surface area contributed by atoms with E-state index in [1.54, 1.807) is 0 Å². The molecule has 1 N–H and O–H groups in total. The zero-order valence-electron chi connectivity index (χ0n) is 13.3. The summed E-state index contributed by atoms with van der Waals surface area (Å²) in [5.74, 6) is 0. The summed E-state index contributed by atoms with van der Waals surface area (Å²) in [7, 11) is 0. The largest absolute Gasteiger partial charge is 0.309 e. The van der Waals surface area contributed by atoms with Crippen molar-refractivity contribution in [1.29, 1.82) is 0 Å². The molecule has 0 atom stereocenters. The Hall–Kier alpha value is -0.640. The molecule has 3 heteroatoms. The van der Waals surface area contributed by atoms with E-state index in [2.05, 4.69) is 50.1 Å². The molecule has 2 rings (SSSR count). The van der Waals surface area contributed by atoms with Crippen LogP contribution < -0.4 is 5.32 Å². The lowest BCUT2D eigenvalue weighted by molar-refractivity contribution is 0.214. The SMILES string of the molecule is CC(C)=CCN1CCC(NCc2cc(C)c(C)s2)CC1. The number of nitrogens with zero attached hydrogens (tertiary/aromatic N) is 1. The highest BCUT2D eigenvalue weighted by molar-refractivity contribution is 7.12. The highest BCUT2D eigenvalue weighted by Gasteiger charge is 2.18. The minimum atomic E-state index is 0.695. The third-order valence-corrected chi connectivity index (χ3v) is 5.28. The summed E-state index contributed by atoms with van der Waals surface area (Å²) >= 11 is 1.93. The average Bonchev–Trinajstić information content (AvgIpc) is 2.74. The molecule has 0 aromatic carbocycles. The molecule has 1 aliphatic rings. The maximum Gasteiger partial charge on any atom is 0.0302 e. The Morgan fingerprint density at radius 3 is 2.60 bits per heavy atom. The van der Waals surface area contributed by atoms with Gasteiger partial charge < -0.3 is 5.32 Å². The summed E-state index contributed by atoms with van der Waals surface area (Å²) in [4.78, 5) is 5.50. The fourth-order valence-electron chi connectivity index (χ4n) is 2.61. The van der Waals surface area contributed by atoms with Crippen LogP contribution in [0.3, 0.4) is 0 Å². The Kier molecular flexibility index (Phi) is 5.82. The first-order valence-electron chi connectivity index (χ1n) is 7.69. The lowest BCUT2D eigenvalue weighted by Crippen LogP contribution is -2.42. The van der Waals surface area contributed by atoms with Gasteiger partial charge >= 0.3 is 0 Å². The van der Waals surface area contributed by atoms with Gasteiger partial charge in [-0.05, 0) is 65.3 Å². The summed E-state index contributed by atoms with van der Waals surface area (Å²) in [5, 5.41) is 3.73. The van der Waals surface area contributed by atoms with Gasteiger partial charge in [0.1, 0.15) is 0 Å². The lowest BCUT2D eigenvalue weighted by Gasteiger charge is -2.31. The number of hydrogen-bond donors (Lipinski definition) is 1. The third kappa shape index (κ3) is 4.72. The van der Waals surface area contributed by atoms with Crippen LogP contribution in [0.2, 0.25) is 0 Å². The van der Waals surface area contributed by atoms with Crippen LogP contribution in [0, 0.1) is 13.8 Å². The zero-order valence-corrected chi connectivity index (χ0v) is 14.1. The molecule has 112 valence electrons. The molecule has 1 aromatic rings. The molecule has 0 spiro atoms. The Morgan fingerprint density at radius 1 is 1.35 bits per heavy atom. The van der Waals surface area contributed by atoms with Crippen molar-refractivity contribution in [3.63, 3.8) is 0 Å². The number of rotatable bonds is 5. The number of piperidine rings is 1. The molecule has 0 amide bonds. The van der Waals surface area contributed by atoms with E-state index in [4.69, 9.17) is 0 Å². The number of likely N-dealkylation sites (tertiary alicyclic amines) is 1. The predicted molar refractivity (Wildman–Crippen MR) is 89.5 cm³/mol. The van der Waals surface area contributed by atoms with E-state index in [9.17, 15) is 0 Å². The van der Waals surface area contributed by atoms with E-state index in [-0.39, 0.29) is 0 Å². The minimum Gasteiger partial charge on any atom is -0.309 e. The van der Waals surface area contributed by atoms with Gasteiger partial charge in [-0.25, -0.2) is 0 Å². The Bertz CT molecular complexity index is 430. The van der Waals surface area contributed by atoms with Crippen LogP contribution in [-0.4, -0.2) is 30.6 Å². The van der Waals surface area contributed by atoms with Crippen LogP contribution >= 0.6 is 11.3 Å². The molecule has 0 aliphatic carbocycles. The molecule has 1 saturated heterocycles. The molecule has 0 radical (unpaired) electrons. The van der Waals surface area contributed by atoms with Gasteiger partial charge in [-0.1, -0.05) is 11.6 Å². The number of thiophene rings is 1. The van der Waals surface area contributed by atoms with Crippen molar-refractivity contribution in [1.82, 2.24) is 10.2 Å². The van der Waals surface area contributed by atoms with Crippen LogP contribution in [-0.2, 0) is 6.54 Å². The van der Waals surface area contributed by atoms with Crippen LogP contribution in [0.25, 0.3) is 0 Å². The third-order valence-electron chi connectivity index (χ3n) is 4.13. The average molecular weight is 292 g/mol. The summed E-state index contributed by atoms with van der Waals surface area (Å²) in [6.45, 7) is 13.4. The van der Waals surface area contributed by atoms with Crippen molar-refractivity contribution in [2.75, 3.05) is 19.6 Å². The molecule has 1 aromatic heterocycles. The summed E-state index contributed by atoms with van der Waals surface area (Å²) in [6.07, 6.45) is 4.89. The fraction of sp³-hybridized carbons (Fsp3) is 0.647. The Labute approximate surface area is 127 Å². The highest BCUT2D eigenvalue weighted by atomic mass is 32.1. The molecular formula is C17H28N2S. The van der Waals surface area contributed by atoms with Crippen LogP contribution in [0.15, 0.2) is 17.7 Å². The van der Waals surface area contributed by atoms with E-state index in [0.29, 0.717) is 6.04 Å². The molecule has 20 heavy (non-hydrogen) atoms. The number of allylic oxidation sites excluding steroid dienone is 1. The normalized spacial score (nSPS) is 17.4. The Balaban J connectivity index is 1.70. The van der Waals surface area contributed by atoms with E-state index in [0.717, 1.165) is 13.1 Å². The van der Waals surface area contributed by atoms with Gasteiger partial charge in [0.15, 0.2) is 0 Å². The number of hydrogen-bond acceptors (Lipinski definition) is 3. The van der Waals surface area contributed by atoms with Gasteiger partial charge in [0.05, 0.1) is 0 Å². The molecule has 0 bridgehead atoms. The van der Waals surface area contributed by atoms with Crippen LogP contribution in [0.4, 0.5) is 0 Å². The first-order valence-corrected chi connectivity index (χ1v) is 8.51. The smallest absolute Gasteiger partial charge is 0.0302 e. The first-order chi connectivity index (χ1) is 9.54. The monoisotopic (exact) mass is 292 g/mol. The van der Waals surface area contributed by atoms with Crippen molar-refractivity contribution in [3.8, 4) is 0 Å². The van der Waals surface area contributed by atoms with Gasteiger partial charge in [0.25, 0.3) is 0 Å². The fourth-order valence-corrected chi connectivity index (χ4v) is 3.62. The maximum atomic E-state index is 3.73. The zero-order chi connectivity index (χ0) is 14.5. The lowest BCUT2D eigenvalue weighted by atomic mass is 10.0. The molecular weight excluding hydrogens is 264 g/mol. The quantitative estimate of drug-likeness (QED) is 0.828. The molecule has 1 aliphatic heterocycles. The van der Waals surface area contributed by atoms with Crippen molar-refractivity contribution in [2.45, 2.75) is 53.1 Å².